The molecule has 0 spiro atoms. The zero-order chi connectivity index (χ0) is 15.5. The van der Waals surface area contributed by atoms with Gasteiger partial charge in [-0.3, -0.25) is 0 Å². The first-order valence-corrected chi connectivity index (χ1v) is 6.95. The van der Waals surface area contributed by atoms with Gasteiger partial charge in [-0.05, 0) is 12.8 Å². The summed E-state index contributed by atoms with van der Waals surface area (Å²) in [5, 5.41) is 3.04. The summed E-state index contributed by atoms with van der Waals surface area (Å²) in [5.74, 6) is -1.14. The van der Waals surface area contributed by atoms with Gasteiger partial charge in [0.1, 0.15) is 0 Å². The molecular formula is C16H19NO4. The van der Waals surface area contributed by atoms with E-state index in [0.29, 0.717) is 11.3 Å². The Hall–Kier alpha value is -2.30. The van der Waals surface area contributed by atoms with Crippen LogP contribution in [0.3, 0.4) is 0 Å². The second-order valence-corrected chi connectivity index (χ2v) is 5.07. The third-order valence-electron chi connectivity index (χ3n) is 3.21. The maximum absolute atomic E-state index is 12.4. The van der Waals surface area contributed by atoms with Crippen molar-refractivity contribution in [1.82, 2.24) is 5.32 Å². The molecule has 5 heteroatoms. The number of benzene rings is 1. The number of hydrogen-bond donors (Lipinski definition) is 1. The first-order chi connectivity index (χ1) is 9.99. The second kappa shape index (κ2) is 5.99. The standard InChI is InChI=1S/C16H19NO4/c1-4-20-15(19)16(12-8-6-5-7-9-12)17-13(11(2)3)10-14(18)21-16/h5-11,17H,4H2,1-3H3. The largest absolute Gasteiger partial charge is 0.461 e. The van der Waals surface area contributed by atoms with Gasteiger partial charge in [0.15, 0.2) is 0 Å². The first kappa shape index (κ1) is 15.1. The Bertz CT molecular complexity index is 565. The Kier molecular flexibility index (Phi) is 4.31. The van der Waals surface area contributed by atoms with Gasteiger partial charge in [0.05, 0.1) is 6.61 Å². The summed E-state index contributed by atoms with van der Waals surface area (Å²) < 4.78 is 10.5. The number of esters is 2. The van der Waals surface area contributed by atoms with Crippen LogP contribution in [-0.4, -0.2) is 18.5 Å². The van der Waals surface area contributed by atoms with Crippen LogP contribution in [-0.2, 0) is 24.8 Å². The number of carbonyl (C=O) groups is 2. The molecule has 1 unspecified atom stereocenters. The summed E-state index contributed by atoms with van der Waals surface area (Å²) in [5.41, 5.74) is -0.450. The molecule has 0 fully saturated rings. The highest BCUT2D eigenvalue weighted by molar-refractivity contribution is 5.91. The number of ether oxygens (including phenoxy) is 2. The second-order valence-electron chi connectivity index (χ2n) is 5.07. The molecule has 1 aromatic carbocycles. The fraction of sp³-hybridized carbons (Fsp3) is 0.375. The quantitative estimate of drug-likeness (QED) is 0.860. The monoisotopic (exact) mass is 289 g/mol. The molecule has 1 aliphatic heterocycles. The molecule has 1 aromatic rings. The fourth-order valence-corrected chi connectivity index (χ4v) is 2.13. The van der Waals surface area contributed by atoms with E-state index in [9.17, 15) is 9.59 Å². The van der Waals surface area contributed by atoms with E-state index in [-0.39, 0.29) is 12.5 Å². The predicted molar refractivity (Wildman–Crippen MR) is 76.9 cm³/mol. The molecule has 0 bridgehead atoms. The molecule has 21 heavy (non-hydrogen) atoms. The van der Waals surface area contributed by atoms with Crippen molar-refractivity contribution in [1.29, 1.82) is 0 Å². The van der Waals surface area contributed by atoms with E-state index in [1.165, 1.54) is 6.08 Å². The van der Waals surface area contributed by atoms with E-state index < -0.39 is 17.7 Å². The van der Waals surface area contributed by atoms with Gasteiger partial charge in [0.25, 0.3) is 0 Å². The zero-order valence-electron chi connectivity index (χ0n) is 12.4. The van der Waals surface area contributed by atoms with E-state index in [2.05, 4.69) is 5.32 Å². The Morgan fingerprint density at radius 3 is 2.57 bits per heavy atom. The highest BCUT2D eigenvalue weighted by atomic mass is 16.6. The molecule has 1 aliphatic rings. The summed E-state index contributed by atoms with van der Waals surface area (Å²) in [7, 11) is 0. The number of rotatable bonds is 4. The van der Waals surface area contributed by atoms with Crippen LogP contribution in [0.15, 0.2) is 42.1 Å². The van der Waals surface area contributed by atoms with Crippen molar-refractivity contribution in [3.63, 3.8) is 0 Å². The number of carbonyl (C=O) groups excluding carboxylic acids is 2. The van der Waals surface area contributed by atoms with Crippen LogP contribution < -0.4 is 5.32 Å². The number of nitrogens with one attached hydrogen (secondary N) is 1. The molecule has 0 saturated heterocycles. The molecule has 112 valence electrons. The van der Waals surface area contributed by atoms with Crippen molar-refractivity contribution >= 4 is 11.9 Å². The maximum Gasteiger partial charge on any atom is 0.377 e. The van der Waals surface area contributed by atoms with Gasteiger partial charge in [-0.2, -0.15) is 0 Å². The van der Waals surface area contributed by atoms with Crippen LogP contribution in [0, 0.1) is 5.92 Å². The predicted octanol–water partition coefficient (Wildman–Crippen LogP) is 2.09. The van der Waals surface area contributed by atoms with Crippen LogP contribution in [0.1, 0.15) is 26.3 Å². The highest BCUT2D eigenvalue weighted by Crippen LogP contribution is 2.31. The molecule has 1 N–H and O–H groups in total. The Morgan fingerprint density at radius 1 is 1.33 bits per heavy atom. The average molecular weight is 289 g/mol. The Balaban J connectivity index is 2.50. The smallest absolute Gasteiger partial charge is 0.377 e. The maximum atomic E-state index is 12.4. The summed E-state index contributed by atoms with van der Waals surface area (Å²) in [4.78, 5) is 24.4. The molecule has 0 aliphatic carbocycles. The third-order valence-corrected chi connectivity index (χ3v) is 3.21. The summed E-state index contributed by atoms with van der Waals surface area (Å²) in [6.07, 6.45) is 1.37. The lowest BCUT2D eigenvalue weighted by molar-refractivity contribution is -0.187. The van der Waals surface area contributed by atoms with Crippen molar-refractivity contribution in [2.75, 3.05) is 6.61 Å². The lowest BCUT2D eigenvalue weighted by Gasteiger charge is -2.37. The summed E-state index contributed by atoms with van der Waals surface area (Å²) in [6, 6.07) is 8.82. The van der Waals surface area contributed by atoms with Crippen molar-refractivity contribution in [2.45, 2.75) is 26.5 Å². The number of allylic oxidation sites excluding steroid dienone is 1. The minimum absolute atomic E-state index is 0.0513. The zero-order valence-corrected chi connectivity index (χ0v) is 12.4. The fourth-order valence-electron chi connectivity index (χ4n) is 2.13. The first-order valence-electron chi connectivity index (χ1n) is 6.95. The van der Waals surface area contributed by atoms with Gasteiger partial charge in [0, 0.05) is 17.3 Å². The van der Waals surface area contributed by atoms with Crippen molar-refractivity contribution < 1.29 is 19.1 Å². The number of hydrogen-bond acceptors (Lipinski definition) is 5. The SMILES string of the molecule is CCOC(=O)C1(c2ccccc2)NC(C(C)C)=CC(=O)O1. The van der Waals surface area contributed by atoms with E-state index in [1.54, 1.807) is 31.2 Å². The van der Waals surface area contributed by atoms with Gasteiger partial charge in [-0.1, -0.05) is 44.2 Å². The van der Waals surface area contributed by atoms with Gasteiger partial charge in [0.2, 0.25) is 0 Å². The van der Waals surface area contributed by atoms with Crippen molar-refractivity contribution in [3.8, 4) is 0 Å². The molecule has 2 rings (SSSR count). The molecule has 0 amide bonds. The number of cyclic esters (lactones) is 1. The third kappa shape index (κ3) is 2.91. The van der Waals surface area contributed by atoms with Crippen molar-refractivity contribution in [2.24, 2.45) is 5.92 Å². The molecule has 0 saturated carbocycles. The van der Waals surface area contributed by atoms with E-state index in [1.807, 2.05) is 19.9 Å². The highest BCUT2D eigenvalue weighted by Gasteiger charge is 2.48. The molecule has 0 aromatic heterocycles. The van der Waals surface area contributed by atoms with Gasteiger partial charge in [-0.25, -0.2) is 9.59 Å². The summed E-state index contributed by atoms with van der Waals surface area (Å²) in [6.45, 7) is 5.77. The van der Waals surface area contributed by atoms with Crippen LogP contribution >= 0.6 is 0 Å². The lowest BCUT2D eigenvalue weighted by Crippen LogP contribution is -2.55. The lowest BCUT2D eigenvalue weighted by atomic mass is 9.98. The van der Waals surface area contributed by atoms with Crippen LogP contribution in [0.25, 0.3) is 0 Å². The molecule has 5 nitrogen and oxygen atoms in total. The molecule has 1 heterocycles. The Morgan fingerprint density at radius 2 is 2.00 bits per heavy atom. The van der Waals surface area contributed by atoms with Gasteiger partial charge >= 0.3 is 17.7 Å². The normalized spacial score (nSPS) is 21.3. The van der Waals surface area contributed by atoms with Crippen molar-refractivity contribution in [3.05, 3.63) is 47.7 Å². The molecule has 0 radical (unpaired) electrons. The topological polar surface area (TPSA) is 64.6 Å². The Labute approximate surface area is 123 Å². The van der Waals surface area contributed by atoms with Crippen LogP contribution in [0.5, 0.6) is 0 Å². The van der Waals surface area contributed by atoms with Gasteiger partial charge < -0.3 is 14.8 Å². The minimum Gasteiger partial charge on any atom is -0.461 e. The summed E-state index contributed by atoms with van der Waals surface area (Å²) >= 11 is 0. The molecular weight excluding hydrogens is 270 g/mol. The van der Waals surface area contributed by atoms with Crippen LogP contribution in [0.2, 0.25) is 0 Å². The minimum atomic E-state index is -1.62. The van der Waals surface area contributed by atoms with Crippen LogP contribution in [0.4, 0.5) is 0 Å². The molecule has 1 atom stereocenters. The van der Waals surface area contributed by atoms with E-state index in [0.717, 1.165) is 0 Å². The average Bonchev–Trinajstić information content (AvgIpc) is 2.47. The van der Waals surface area contributed by atoms with Gasteiger partial charge in [-0.15, -0.1) is 0 Å². The van der Waals surface area contributed by atoms with E-state index >= 15 is 0 Å². The van der Waals surface area contributed by atoms with E-state index in [4.69, 9.17) is 9.47 Å².